The maximum Gasteiger partial charge on any atom is 0.264 e. The quantitative estimate of drug-likeness (QED) is 0.292. The molecule has 0 fully saturated rings. The number of para-hydroxylation sites is 1. The summed E-state index contributed by atoms with van der Waals surface area (Å²) in [5.74, 6) is -0.775. The molecular formula is C30H36ClN3O4S. The highest BCUT2D eigenvalue weighted by molar-refractivity contribution is 7.92. The monoisotopic (exact) mass is 569 g/mol. The molecule has 0 heterocycles. The van der Waals surface area contributed by atoms with Crippen LogP contribution in [-0.2, 0) is 26.2 Å². The zero-order valence-electron chi connectivity index (χ0n) is 22.9. The van der Waals surface area contributed by atoms with Crippen LogP contribution >= 0.6 is 11.6 Å². The van der Waals surface area contributed by atoms with E-state index in [0.29, 0.717) is 22.8 Å². The van der Waals surface area contributed by atoms with E-state index in [1.54, 1.807) is 38.1 Å². The van der Waals surface area contributed by atoms with Crippen LogP contribution in [0.3, 0.4) is 0 Å². The Morgan fingerprint density at radius 2 is 1.67 bits per heavy atom. The predicted molar refractivity (Wildman–Crippen MR) is 156 cm³/mol. The van der Waals surface area contributed by atoms with Gasteiger partial charge in [0.2, 0.25) is 11.8 Å². The number of unbranched alkanes of at least 4 members (excludes halogenated alkanes) is 1. The van der Waals surface area contributed by atoms with Crippen molar-refractivity contribution >= 4 is 39.1 Å². The first-order valence-corrected chi connectivity index (χ1v) is 14.8. The molecule has 208 valence electrons. The van der Waals surface area contributed by atoms with Crippen LogP contribution in [0, 0.1) is 13.8 Å². The standard InChI is InChI=1S/C30H36ClN3O4S/c1-5-6-18-32-30(36)24(4)33(20-25-12-9-10-22(2)19-25)29(35)21-34(28-13-8-7-11-23(28)3)39(37,38)27-16-14-26(31)15-17-27/h7-17,19,24H,5-6,18,20-21H2,1-4H3,(H,32,36). The first-order chi connectivity index (χ1) is 18.5. The minimum Gasteiger partial charge on any atom is -0.354 e. The number of nitrogens with zero attached hydrogens (tertiary/aromatic N) is 2. The number of benzene rings is 3. The van der Waals surface area contributed by atoms with Gasteiger partial charge in [0.1, 0.15) is 12.6 Å². The Hall–Kier alpha value is -3.36. The van der Waals surface area contributed by atoms with E-state index in [9.17, 15) is 18.0 Å². The largest absolute Gasteiger partial charge is 0.354 e. The van der Waals surface area contributed by atoms with Gasteiger partial charge in [-0.3, -0.25) is 13.9 Å². The van der Waals surface area contributed by atoms with Crippen molar-refractivity contribution in [2.75, 3.05) is 17.4 Å². The molecule has 3 aromatic rings. The van der Waals surface area contributed by atoms with E-state index in [1.807, 2.05) is 38.1 Å². The third-order valence-corrected chi connectivity index (χ3v) is 8.52. The summed E-state index contributed by atoms with van der Waals surface area (Å²) < 4.78 is 28.8. The molecular weight excluding hydrogens is 534 g/mol. The Morgan fingerprint density at radius 1 is 0.974 bits per heavy atom. The lowest BCUT2D eigenvalue weighted by Crippen LogP contribution is -2.51. The Morgan fingerprint density at radius 3 is 2.31 bits per heavy atom. The third kappa shape index (κ3) is 7.83. The molecule has 1 atom stereocenters. The zero-order valence-corrected chi connectivity index (χ0v) is 24.4. The lowest BCUT2D eigenvalue weighted by molar-refractivity contribution is -0.139. The highest BCUT2D eigenvalue weighted by atomic mass is 35.5. The van der Waals surface area contributed by atoms with Crippen molar-refractivity contribution in [3.8, 4) is 0 Å². The molecule has 39 heavy (non-hydrogen) atoms. The number of hydrogen-bond donors (Lipinski definition) is 1. The molecule has 3 aromatic carbocycles. The van der Waals surface area contributed by atoms with Crippen LogP contribution in [0.5, 0.6) is 0 Å². The number of anilines is 1. The van der Waals surface area contributed by atoms with Gasteiger partial charge >= 0.3 is 0 Å². The molecule has 0 radical (unpaired) electrons. The van der Waals surface area contributed by atoms with E-state index < -0.39 is 28.5 Å². The molecule has 0 aliphatic heterocycles. The number of halogens is 1. The number of aryl methyl sites for hydroxylation is 2. The molecule has 1 N–H and O–H groups in total. The van der Waals surface area contributed by atoms with Gasteiger partial charge in [0.05, 0.1) is 10.6 Å². The fourth-order valence-corrected chi connectivity index (χ4v) is 5.82. The number of carbonyl (C=O) groups is 2. The number of rotatable bonds is 12. The Labute approximate surface area is 236 Å². The lowest BCUT2D eigenvalue weighted by Gasteiger charge is -2.32. The Kier molecular flexibility index (Phi) is 10.5. The van der Waals surface area contributed by atoms with Crippen molar-refractivity contribution in [2.24, 2.45) is 0 Å². The van der Waals surface area contributed by atoms with Crippen LogP contribution in [0.1, 0.15) is 43.4 Å². The van der Waals surface area contributed by atoms with Crippen LogP contribution in [0.25, 0.3) is 0 Å². The minimum atomic E-state index is -4.14. The maximum atomic E-state index is 14.0. The highest BCUT2D eigenvalue weighted by Gasteiger charge is 2.33. The molecule has 0 bridgehead atoms. The SMILES string of the molecule is CCCCNC(=O)C(C)N(Cc1cccc(C)c1)C(=O)CN(c1ccccc1C)S(=O)(=O)c1ccc(Cl)cc1. The van der Waals surface area contributed by atoms with Gasteiger partial charge in [-0.1, -0.05) is 73.0 Å². The molecule has 0 spiro atoms. The fraction of sp³-hybridized carbons (Fsp3) is 0.333. The van der Waals surface area contributed by atoms with Gasteiger partial charge < -0.3 is 10.2 Å². The molecule has 0 aliphatic carbocycles. The van der Waals surface area contributed by atoms with E-state index >= 15 is 0 Å². The zero-order chi connectivity index (χ0) is 28.6. The summed E-state index contributed by atoms with van der Waals surface area (Å²) in [4.78, 5) is 28.4. The normalized spacial score (nSPS) is 12.0. The van der Waals surface area contributed by atoms with Gasteiger partial charge in [-0.15, -0.1) is 0 Å². The Balaban J connectivity index is 2.01. The molecule has 0 saturated carbocycles. The van der Waals surface area contributed by atoms with Gasteiger partial charge in [0.15, 0.2) is 0 Å². The number of hydrogen-bond acceptors (Lipinski definition) is 4. The molecule has 0 aliphatic rings. The summed E-state index contributed by atoms with van der Waals surface area (Å²) in [7, 11) is -4.14. The number of carbonyl (C=O) groups excluding carboxylic acids is 2. The van der Waals surface area contributed by atoms with E-state index in [1.165, 1.54) is 29.2 Å². The molecule has 0 aromatic heterocycles. The molecule has 9 heteroatoms. The minimum absolute atomic E-state index is 0.0125. The second-order valence-corrected chi connectivity index (χ2v) is 11.9. The lowest BCUT2D eigenvalue weighted by atomic mass is 10.1. The predicted octanol–water partition coefficient (Wildman–Crippen LogP) is 5.49. The number of sulfonamides is 1. The average molecular weight is 570 g/mol. The number of amides is 2. The average Bonchev–Trinajstić information content (AvgIpc) is 2.90. The van der Waals surface area contributed by atoms with Crippen LogP contribution in [0.2, 0.25) is 5.02 Å². The van der Waals surface area contributed by atoms with Crippen LogP contribution in [-0.4, -0.2) is 44.3 Å². The third-order valence-electron chi connectivity index (χ3n) is 6.50. The van der Waals surface area contributed by atoms with Crippen molar-refractivity contribution in [2.45, 2.75) is 58.0 Å². The van der Waals surface area contributed by atoms with E-state index in [0.717, 1.165) is 28.3 Å². The molecule has 1 unspecified atom stereocenters. The summed E-state index contributed by atoms with van der Waals surface area (Å²) in [6.45, 7) is 7.63. The summed E-state index contributed by atoms with van der Waals surface area (Å²) in [6.07, 6.45) is 1.75. The van der Waals surface area contributed by atoms with Crippen molar-refractivity contribution in [3.63, 3.8) is 0 Å². The second-order valence-electron chi connectivity index (χ2n) is 9.58. The van der Waals surface area contributed by atoms with Crippen molar-refractivity contribution in [1.82, 2.24) is 10.2 Å². The smallest absolute Gasteiger partial charge is 0.264 e. The van der Waals surface area contributed by atoms with Gasteiger partial charge in [-0.25, -0.2) is 8.42 Å². The summed E-state index contributed by atoms with van der Waals surface area (Å²) >= 11 is 6.00. The van der Waals surface area contributed by atoms with E-state index in [-0.39, 0.29) is 17.3 Å². The van der Waals surface area contributed by atoms with Crippen molar-refractivity contribution in [1.29, 1.82) is 0 Å². The van der Waals surface area contributed by atoms with Gasteiger partial charge in [-0.2, -0.15) is 0 Å². The molecule has 7 nitrogen and oxygen atoms in total. The van der Waals surface area contributed by atoms with Gasteiger partial charge in [-0.05, 0) is 68.7 Å². The van der Waals surface area contributed by atoms with E-state index in [2.05, 4.69) is 5.32 Å². The van der Waals surface area contributed by atoms with Crippen molar-refractivity contribution < 1.29 is 18.0 Å². The molecule has 0 saturated heterocycles. The van der Waals surface area contributed by atoms with Crippen LogP contribution in [0.4, 0.5) is 5.69 Å². The Bertz CT molecular complexity index is 1390. The molecule has 2 amide bonds. The van der Waals surface area contributed by atoms with Gasteiger partial charge in [0, 0.05) is 18.1 Å². The first-order valence-electron chi connectivity index (χ1n) is 13.0. The first kappa shape index (κ1) is 30.2. The fourth-order valence-electron chi connectivity index (χ4n) is 4.22. The van der Waals surface area contributed by atoms with Crippen LogP contribution < -0.4 is 9.62 Å². The number of nitrogens with one attached hydrogen (secondary N) is 1. The highest BCUT2D eigenvalue weighted by Crippen LogP contribution is 2.28. The van der Waals surface area contributed by atoms with Gasteiger partial charge in [0.25, 0.3) is 10.0 Å². The maximum absolute atomic E-state index is 14.0. The summed E-state index contributed by atoms with van der Waals surface area (Å²) in [6, 6.07) is 19.7. The van der Waals surface area contributed by atoms with Crippen molar-refractivity contribution in [3.05, 3.63) is 94.5 Å². The van der Waals surface area contributed by atoms with E-state index in [4.69, 9.17) is 11.6 Å². The second kappa shape index (κ2) is 13.6. The topological polar surface area (TPSA) is 86.8 Å². The summed E-state index contributed by atoms with van der Waals surface area (Å²) in [5, 5.41) is 3.30. The van der Waals surface area contributed by atoms with Crippen LogP contribution in [0.15, 0.2) is 77.7 Å². The molecule has 3 rings (SSSR count). The summed E-state index contributed by atoms with van der Waals surface area (Å²) in [5.41, 5.74) is 2.95.